The second-order valence-corrected chi connectivity index (χ2v) is 5.39. The predicted molar refractivity (Wildman–Crippen MR) is 91.1 cm³/mol. The summed E-state index contributed by atoms with van der Waals surface area (Å²) < 4.78 is 9.92. The molecule has 132 valence electrons. The molecule has 0 aliphatic carbocycles. The van der Waals surface area contributed by atoms with Crippen LogP contribution in [0.1, 0.15) is 26.6 Å². The van der Waals surface area contributed by atoms with E-state index >= 15 is 0 Å². The quantitative estimate of drug-likeness (QED) is 0.433. The Hall–Kier alpha value is -3.75. The molecule has 1 N–H and O–H groups in total. The minimum absolute atomic E-state index is 0.0453. The molecular weight excluding hydrogens is 342 g/mol. The molecule has 0 atom stereocenters. The maximum Gasteiger partial charge on any atom is 0.338 e. The van der Waals surface area contributed by atoms with E-state index in [1.54, 1.807) is 25.1 Å². The second-order valence-electron chi connectivity index (χ2n) is 5.39. The number of anilines is 1. The van der Waals surface area contributed by atoms with Gasteiger partial charge in [0.2, 0.25) is 0 Å². The number of nitrogens with one attached hydrogen (secondary N) is 1. The molecule has 3 rings (SSSR count). The fourth-order valence-corrected chi connectivity index (χ4v) is 2.41. The summed E-state index contributed by atoms with van der Waals surface area (Å²) >= 11 is 0. The Morgan fingerprint density at radius 3 is 2.62 bits per heavy atom. The Bertz CT molecular complexity index is 1040. The first kappa shape index (κ1) is 17.1. The minimum Gasteiger partial charge on any atom is -0.465 e. The number of rotatable bonds is 4. The molecule has 1 heterocycles. The highest BCUT2D eigenvalue weighted by Gasteiger charge is 2.18. The van der Waals surface area contributed by atoms with Crippen molar-refractivity contribution in [3.63, 3.8) is 0 Å². The summed E-state index contributed by atoms with van der Waals surface area (Å²) in [6, 6.07) is 8.24. The summed E-state index contributed by atoms with van der Waals surface area (Å²) in [5.41, 5.74) is 1.05. The summed E-state index contributed by atoms with van der Waals surface area (Å²) in [7, 11) is 1.15. The number of ether oxygens (including phenoxy) is 1. The number of oxazole rings is 1. The van der Waals surface area contributed by atoms with Crippen LogP contribution in [0.4, 0.5) is 11.4 Å². The zero-order valence-electron chi connectivity index (χ0n) is 13.8. The normalized spacial score (nSPS) is 10.5. The summed E-state index contributed by atoms with van der Waals surface area (Å²) in [4.78, 5) is 38.7. The van der Waals surface area contributed by atoms with Crippen molar-refractivity contribution in [2.45, 2.75) is 6.92 Å². The third-order valence-electron chi connectivity index (χ3n) is 3.56. The third-order valence-corrected chi connectivity index (χ3v) is 3.56. The van der Waals surface area contributed by atoms with Gasteiger partial charge < -0.3 is 14.5 Å². The number of fused-ring (bicyclic) bond motifs is 1. The third kappa shape index (κ3) is 3.36. The number of aryl methyl sites for hydroxylation is 1. The van der Waals surface area contributed by atoms with Gasteiger partial charge in [0.1, 0.15) is 5.52 Å². The van der Waals surface area contributed by atoms with Gasteiger partial charge in [-0.25, -0.2) is 9.78 Å². The van der Waals surface area contributed by atoms with Crippen molar-refractivity contribution in [3.05, 3.63) is 63.5 Å². The van der Waals surface area contributed by atoms with Crippen molar-refractivity contribution in [2.24, 2.45) is 0 Å². The zero-order chi connectivity index (χ0) is 18.8. The number of esters is 1. The van der Waals surface area contributed by atoms with E-state index in [9.17, 15) is 19.7 Å². The molecule has 0 fully saturated rings. The molecule has 0 saturated carbocycles. The molecule has 0 aliphatic heterocycles. The van der Waals surface area contributed by atoms with Gasteiger partial charge >= 0.3 is 5.97 Å². The van der Waals surface area contributed by atoms with E-state index in [-0.39, 0.29) is 16.8 Å². The molecular formula is C17H13N3O6. The van der Waals surface area contributed by atoms with Gasteiger partial charge in [-0.1, -0.05) is 0 Å². The van der Waals surface area contributed by atoms with Crippen LogP contribution < -0.4 is 5.32 Å². The van der Waals surface area contributed by atoms with Crippen LogP contribution in [0.25, 0.3) is 11.1 Å². The van der Waals surface area contributed by atoms with E-state index in [2.05, 4.69) is 15.0 Å². The molecule has 0 unspecified atom stereocenters. The SMILES string of the molecule is COC(=O)c1cc(C(=O)Nc2ccc3oc(C)nc3c2)cc([N+](=O)[O-])c1. The van der Waals surface area contributed by atoms with Crippen molar-refractivity contribution in [2.75, 3.05) is 12.4 Å². The number of hydrogen-bond donors (Lipinski definition) is 1. The van der Waals surface area contributed by atoms with E-state index < -0.39 is 16.8 Å². The first-order chi connectivity index (χ1) is 12.4. The Balaban J connectivity index is 1.93. The van der Waals surface area contributed by atoms with Gasteiger partial charge in [0.15, 0.2) is 11.5 Å². The zero-order valence-corrected chi connectivity index (χ0v) is 13.8. The molecule has 2 aromatic carbocycles. The van der Waals surface area contributed by atoms with Crippen molar-refractivity contribution in [1.82, 2.24) is 4.98 Å². The van der Waals surface area contributed by atoms with E-state index in [0.29, 0.717) is 22.7 Å². The number of carbonyl (C=O) groups is 2. The number of hydrogen-bond acceptors (Lipinski definition) is 7. The van der Waals surface area contributed by atoms with E-state index in [1.807, 2.05) is 0 Å². The number of nitro benzene ring substituents is 1. The molecule has 0 spiro atoms. The van der Waals surface area contributed by atoms with Gasteiger partial charge in [-0.15, -0.1) is 0 Å². The molecule has 0 aliphatic rings. The molecule has 0 radical (unpaired) electrons. The van der Waals surface area contributed by atoms with E-state index in [0.717, 1.165) is 19.2 Å². The summed E-state index contributed by atoms with van der Waals surface area (Å²) in [6.45, 7) is 1.70. The lowest BCUT2D eigenvalue weighted by molar-refractivity contribution is -0.384. The number of aromatic nitrogens is 1. The van der Waals surface area contributed by atoms with Crippen molar-refractivity contribution < 1.29 is 23.7 Å². The second kappa shape index (κ2) is 6.63. The van der Waals surface area contributed by atoms with E-state index in [1.165, 1.54) is 6.07 Å². The Morgan fingerprint density at radius 1 is 1.19 bits per heavy atom. The van der Waals surface area contributed by atoms with Crippen LogP contribution in [0.5, 0.6) is 0 Å². The molecule has 3 aromatic rings. The van der Waals surface area contributed by atoms with Gasteiger partial charge in [-0.05, 0) is 24.3 Å². The molecule has 1 amide bonds. The molecule has 1 aromatic heterocycles. The summed E-state index contributed by atoms with van der Waals surface area (Å²) in [5.74, 6) is -0.898. The lowest BCUT2D eigenvalue weighted by atomic mass is 10.1. The van der Waals surface area contributed by atoms with Gasteiger partial charge in [0, 0.05) is 30.3 Å². The van der Waals surface area contributed by atoms with Crippen molar-refractivity contribution in [1.29, 1.82) is 0 Å². The van der Waals surface area contributed by atoms with Gasteiger partial charge in [0.25, 0.3) is 11.6 Å². The monoisotopic (exact) mass is 355 g/mol. The molecule has 0 bridgehead atoms. The number of benzene rings is 2. The van der Waals surface area contributed by atoms with Gasteiger partial charge in [-0.3, -0.25) is 14.9 Å². The molecule has 0 saturated heterocycles. The van der Waals surface area contributed by atoms with Gasteiger partial charge in [-0.2, -0.15) is 0 Å². The van der Waals surface area contributed by atoms with Crippen LogP contribution in [-0.2, 0) is 4.74 Å². The number of non-ortho nitro benzene ring substituents is 1. The molecule has 9 nitrogen and oxygen atoms in total. The van der Waals surface area contributed by atoms with Crippen LogP contribution in [-0.4, -0.2) is 28.9 Å². The first-order valence-electron chi connectivity index (χ1n) is 7.43. The van der Waals surface area contributed by atoms with Crippen molar-refractivity contribution >= 4 is 34.4 Å². The van der Waals surface area contributed by atoms with Crippen LogP contribution in [0, 0.1) is 17.0 Å². The topological polar surface area (TPSA) is 125 Å². The highest BCUT2D eigenvalue weighted by atomic mass is 16.6. The Labute approximate surface area is 146 Å². The number of nitrogens with zero attached hydrogens (tertiary/aromatic N) is 2. The average molecular weight is 355 g/mol. The standard InChI is InChI=1S/C17H13N3O6/c1-9-18-14-8-12(3-4-15(14)26-9)19-16(21)10-5-11(17(22)25-2)7-13(6-10)20(23)24/h3-8H,1-2H3,(H,19,21). The predicted octanol–water partition coefficient (Wildman–Crippen LogP) is 3.08. The highest BCUT2D eigenvalue weighted by molar-refractivity contribution is 6.06. The molecule has 9 heteroatoms. The number of methoxy groups -OCH3 is 1. The summed E-state index contributed by atoms with van der Waals surface area (Å²) in [5, 5.41) is 13.7. The van der Waals surface area contributed by atoms with Crippen LogP contribution in [0.15, 0.2) is 40.8 Å². The lowest BCUT2D eigenvalue weighted by Gasteiger charge is -2.07. The number of amides is 1. The fourth-order valence-electron chi connectivity index (χ4n) is 2.41. The van der Waals surface area contributed by atoms with Crippen LogP contribution in [0.3, 0.4) is 0 Å². The lowest BCUT2D eigenvalue weighted by Crippen LogP contribution is -2.14. The number of nitro groups is 1. The maximum absolute atomic E-state index is 12.5. The van der Waals surface area contributed by atoms with Crippen molar-refractivity contribution in [3.8, 4) is 0 Å². The number of carbonyl (C=O) groups excluding carboxylic acids is 2. The van der Waals surface area contributed by atoms with E-state index in [4.69, 9.17) is 4.42 Å². The summed E-state index contributed by atoms with van der Waals surface area (Å²) in [6.07, 6.45) is 0. The highest BCUT2D eigenvalue weighted by Crippen LogP contribution is 2.22. The Morgan fingerprint density at radius 2 is 1.92 bits per heavy atom. The van der Waals surface area contributed by atoms with Crippen LogP contribution in [0.2, 0.25) is 0 Å². The van der Waals surface area contributed by atoms with Crippen LogP contribution >= 0.6 is 0 Å². The first-order valence-corrected chi connectivity index (χ1v) is 7.43. The fraction of sp³-hybridized carbons (Fsp3) is 0.118. The smallest absolute Gasteiger partial charge is 0.338 e. The minimum atomic E-state index is -0.776. The molecule has 26 heavy (non-hydrogen) atoms. The Kier molecular flexibility index (Phi) is 4.36. The van der Waals surface area contributed by atoms with Gasteiger partial charge in [0.05, 0.1) is 17.6 Å². The maximum atomic E-state index is 12.5. The largest absolute Gasteiger partial charge is 0.465 e. The average Bonchev–Trinajstić information content (AvgIpc) is 2.99.